The fraction of sp³-hybridized carbons (Fsp3) is 0. The van der Waals surface area contributed by atoms with Crippen LogP contribution in [0.3, 0.4) is 0 Å². The Kier molecular flexibility index (Phi) is 52.1. The van der Waals surface area contributed by atoms with Gasteiger partial charge in [0.2, 0.25) is 0 Å². The Morgan fingerprint density at radius 1 is 1.29 bits per heavy atom. The SMILES string of the molecule is Cl.O=C(O)O.[AlH3].[KH]. The number of rotatable bonds is 0. The first-order valence-electron chi connectivity index (χ1n) is 0.651. The van der Waals surface area contributed by atoms with Gasteiger partial charge in [-0.15, -0.1) is 12.4 Å². The van der Waals surface area contributed by atoms with Crippen LogP contribution < -0.4 is 0 Å². The molecule has 0 bridgehead atoms. The van der Waals surface area contributed by atoms with Gasteiger partial charge < -0.3 is 10.2 Å². The fourth-order valence-corrected chi connectivity index (χ4v) is 0. The molecule has 40 valence electrons. The molecule has 0 spiro atoms. The van der Waals surface area contributed by atoms with Crippen molar-refractivity contribution in [2.75, 3.05) is 0 Å². The molecule has 0 amide bonds. The Bertz CT molecular complexity index is 37.9. The predicted molar refractivity (Wildman–Crippen MR) is 35.0 cm³/mol. The van der Waals surface area contributed by atoms with Gasteiger partial charge in [-0.25, -0.2) is 4.79 Å². The Morgan fingerprint density at radius 2 is 1.29 bits per heavy atom. The molecule has 0 fully saturated rings. The van der Waals surface area contributed by atoms with Gasteiger partial charge in [-0.1, -0.05) is 0 Å². The van der Waals surface area contributed by atoms with Crippen molar-refractivity contribution in [1.29, 1.82) is 0 Å². The van der Waals surface area contributed by atoms with Crippen molar-refractivity contribution in [3.63, 3.8) is 0 Å². The second kappa shape index (κ2) is 15.6. The standard InChI is InChI=1S/CH2O3.Al.ClH.K.4H/c2-1(3)4;;;;;;;/h(H2,2,3,4);;1H;;;;;. The summed E-state index contributed by atoms with van der Waals surface area (Å²) in [4.78, 5) is 8.56. The van der Waals surface area contributed by atoms with E-state index in [9.17, 15) is 0 Å². The van der Waals surface area contributed by atoms with Gasteiger partial charge in [0.25, 0.3) is 0 Å². The first-order chi connectivity index (χ1) is 1.73. The summed E-state index contributed by atoms with van der Waals surface area (Å²) in [6.45, 7) is 0. The maximum absolute atomic E-state index is 8.56. The average molecular weight is 169 g/mol. The third-order valence-corrected chi connectivity index (χ3v) is 0. The van der Waals surface area contributed by atoms with E-state index in [4.69, 9.17) is 15.0 Å². The third kappa shape index (κ3) is 84.9. The number of carboxylic acid groups (broad SMARTS) is 2. The summed E-state index contributed by atoms with van der Waals surface area (Å²) < 4.78 is 0. The van der Waals surface area contributed by atoms with Gasteiger partial charge in [-0.3, -0.25) is 0 Å². The molecule has 3 nitrogen and oxygen atoms in total. The quantitative estimate of drug-likeness (QED) is 0.448. The zero-order chi connectivity index (χ0) is 3.58. The van der Waals surface area contributed by atoms with Gasteiger partial charge in [0.15, 0.2) is 17.4 Å². The van der Waals surface area contributed by atoms with Gasteiger partial charge in [0, 0.05) is 0 Å². The Morgan fingerprint density at radius 3 is 1.29 bits per heavy atom. The molecule has 0 atom stereocenters. The van der Waals surface area contributed by atoms with Crippen molar-refractivity contribution in [2.24, 2.45) is 0 Å². The number of hydrogen-bond donors (Lipinski definition) is 2. The van der Waals surface area contributed by atoms with Crippen LogP contribution in [0.4, 0.5) is 4.79 Å². The fourth-order valence-electron chi connectivity index (χ4n) is 0. The minimum atomic E-state index is -1.83. The van der Waals surface area contributed by atoms with E-state index in [2.05, 4.69) is 0 Å². The first-order valence-corrected chi connectivity index (χ1v) is 0.651. The molecule has 0 saturated carbocycles. The van der Waals surface area contributed by atoms with Crippen LogP contribution in [0.25, 0.3) is 0 Å². The summed E-state index contributed by atoms with van der Waals surface area (Å²) in [5.41, 5.74) is 0. The van der Waals surface area contributed by atoms with E-state index in [-0.39, 0.29) is 81.2 Å². The van der Waals surface area contributed by atoms with Crippen LogP contribution in [0.5, 0.6) is 0 Å². The van der Waals surface area contributed by atoms with E-state index in [1.807, 2.05) is 0 Å². The summed E-state index contributed by atoms with van der Waals surface area (Å²) in [6.07, 6.45) is -1.83. The molecule has 0 aliphatic rings. The van der Waals surface area contributed by atoms with Gasteiger partial charge in [0.1, 0.15) is 0 Å². The molecule has 6 heteroatoms. The Balaban J connectivity index is -0.0000000150. The molecule has 0 aromatic heterocycles. The van der Waals surface area contributed by atoms with Gasteiger partial charge >= 0.3 is 57.5 Å². The van der Waals surface area contributed by atoms with Crippen LogP contribution in [0, 0.1) is 0 Å². The van der Waals surface area contributed by atoms with Gasteiger partial charge in [-0.2, -0.15) is 0 Å². The van der Waals surface area contributed by atoms with E-state index in [1.54, 1.807) is 0 Å². The van der Waals surface area contributed by atoms with Gasteiger partial charge in [0.05, 0.1) is 0 Å². The maximum atomic E-state index is 8.56. The zero-order valence-corrected chi connectivity index (χ0v) is 3.03. The number of carbonyl (C=O) groups is 1. The van der Waals surface area contributed by atoms with Crippen LogP contribution in [-0.4, -0.2) is 85.1 Å². The monoisotopic (exact) mass is 168 g/mol. The number of halogens is 1. The summed E-state index contributed by atoms with van der Waals surface area (Å²) in [7, 11) is 0. The molecule has 7 heavy (non-hydrogen) atoms. The second-order valence-electron chi connectivity index (χ2n) is 0.283. The molecule has 0 saturated heterocycles. The molecular formula is CH7AlClKO3. The third-order valence-electron chi connectivity index (χ3n) is 0. The molecule has 0 radical (unpaired) electrons. The number of hydrogen-bond acceptors (Lipinski definition) is 1. The molecule has 0 heterocycles. The molecule has 0 unspecified atom stereocenters. The van der Waals surface area contributed by atoms with Crippen molar-refractivity contribution < 1.29 is 15.0 Å². The Labute approximate surface area is 100 Å². The van der Waals surface area contributed by atoms with E-state index in [1.165, 1.54) is 0 Å². The van der Waals surface area contributed by atoms with Crippen molar-refractivity contribution in [3.8, 4) is 0 Å². The van der Waals surface area contributed by atoms with Crippen LogP contribution >= 0.6 is 12.4 Å². The van der Waals surface area contributed by atoms with E-state index in [0.717, 1.165) is 0 Å². The van der Waals surface area contributed by atoms with Crippen LogP contribution in [0.15, 0.2) is 0 Å². The summed E-state index contributed by atoms with van der Waals surface area (Å²) >= 11 is 0. The zero-order valence-electron chi connectivity index (χ0n) is 2.21. The molecular weight excluding hydrogens is 162 g/mol. The summed E-state index contributed by atoms with van der Waals surface area (Å²) in [5, 5.41) is 13.9. The van der Waals surface area contributed by atoms with Crippen LogP contribution in [0.1, 0.15) is 0 Å². The first kappa shape index (κ1) is 23.3. The predicted octanol–water partition coefficient (Wildman–Crippen LogP) is -1.19. The van der Waals surface area contributed by atoms with E-state index < -0.39 is 6.16 Å². The molecule has 0 aromatic carbocycles. The normalized spacial score (nSPS) is 3.43. The average Bonchev–Trinajstić information content (AvgIpc) is 0.811. The van der Waals surface area contributed by atoms with Crippen LogP contribution in [0.2, 0.25) is 0 Å². The minimum absolute atomic E-state index is 0. The topological polar surface area (TPSA) is 57.5 Å². The van der Waals surface area contributed by atoms with E-state index >= 15 is 0 Å². The molecule has 2 N–H and O–H groups in total. The second-order valence-corrected chi connectivity index (χ2v) is 0.283. The van der Waals surface area contributed by atoms with E-state index in [0.29, 0.717) is 0 Å². The molecule has 0 rings (SSSR count). The molecule has 0 aliphatic heterocycles. The van der Waals surface area contributed by atoms with Crippen molar-refractivity contribution in [1.82, 2.24) is 0 Å². The molecule has 0 aliphatic carbocycles. The van der Waals surface area contributed by atoms with Crippen molar-refractivity contribution in [2.45, 2.75) is 0 Å². The summed E-state index contributed by atoms with van der Waals surface area (Å²) in [5.74, 6) is 0. The van der Waals surface area contributed by atoms with Gasteiger partial charge in [-0.05, 0) is 0 Å². The van der Waals surface area contributed by atoms with Crippen molar-refractivity contribution >= 4 is 87.3 Å². The van der Waals surface area contributed by atoms with Crippen molar-refractivity contribution in [3.05, 3.63) is 0 Å². The Hall–Kier alpha value is 1.73. The summed E-state index contributed by atoms with van der Waals surface area (Å²) in [6, 6.07) is 0. The molecule has 0 aromatic rings. The van der Waals surface area contributed by atoms with Crippen LogP contribution in [-0.2, 0) is 0 Å².